The fraction of sp³-hybridized carbons (Fsp3) is 0.0769. The molecule has 0 amide bonds. The van der Waals surface area contributed by atoms with Gasteiger partial charge < -0.3 is 16.4 Å². The SMILES string of the molecule is Cc1cc(N)ccc1-c1ccc(N)cc1P(=O)(O)OO. The van der Waals surface area contributed by atoms with Crippen LogP contribution in [-0.4, -0.2) is 10.2 Å². The first-order valence-corrected chi connectivity index (χ1v) is 7.35. The second-order valence-electron chi connectivity index (χ2n) is 4.45. The van der Waals surface area contributed by atoms with E-state index in [0.29, 0.717) is 22.5 Å². The lowest BCUT2D eigenvalue weighted by atomic mass is 10.00. The molecule has 0 saturated carbocycles. The zero-order valence-corrected chi connectivity index (χ0v) is 11.7. The molecule has 0 aliphatic heterocycles. The number of nitrogens with two attached hydrogens (primary N) is 2. The summed E-state index contributed by atoms with van der Waals surface area (Å²) in [7, 11) is -4.34. The molecule has 0 saturated heterocycles. The number of benzene rings is 2. The molecule has 0 radical (unpaired) electrons. The van der Waals surface area contributed by atoms with Gasteiger partial charge in [0.1, 0.15) is 0 Å². The van der Waals surface area contributed by atoms with E-state index in [1.165, 1.54) is 6.07 Å². The van der Waals surface area contributed by atoms with Crippen LogP contribution in [0.25, 0.3) is 11.1 Å². The van der Waals surface area contributed by atoms with Crippen LogP contribution < -0.4 is 16.8 Å². The van der Waals surface area contributed by atoms with Crippen LogP contribution in [0.15, 0.2) is 36.4 Å². The minimum atomic E-state index is -4.34. The van der Waals surface area contributed by atoms with Gasteiger partial charge in [-0.15, -0.1) is 4.67 Å². The predicted molar refractivity (Wildman–Crippen MR) is 78.6 cm³/mol. The minimum Gasteiger partial charge on any atom is -0.399 e. The normalized spacial score (nSPS) is 13.9. The average Bonchev–Trinajstić information content (AvgIpc) is 2.39. The van der Waals surface area contributed by atoms with Crippen molar-refractivity contribution in [1.82, 2.24) is 0 Å². The van der Waals surface area contributed by atoms with E-state index in [2.05, 4.69) is 4.67 Å². The van der Waals surface area contributed by atoms with E-state index < -0.39 is 7.60 Å². The van der Waals surface area contributed by atoms with Crippen molar-refractivity contribution in [3.63, 3.8) is 0 Å². The fourth-order valence-electron chi connectivity index (χ4n) is 2.04. The number of aryl methyl sites for hydroxylation is 1. The van der Waals surface area contributed by atoms with E-state index >= 15 is 0 Å². The molecule has 7 heteroatoms. The zero-order valence-electron chi connectivity index (χ0n) is 10.8. The Hall–Kier alpha value is -1.85. The highest BCUT2D eigenvalue weighted by Crippen LogP contribution is 2.43. The highest BCUT2D eigenvalue weighted by atomic mass is 31.2. The number of hydrogen-bond donors (Lipinski definition) is 4. The van der Waals surface area contributed by atoms with Gasteiger partial charge in [0.25, 0.3) is 0 Å². The summed E-state index contributed by atoms with van der Waals surface area (Å²) < 4.78 is 15.6. The van der Waals surface area contributed by atoms with Crippen LogP contribution in [0.4, 0.5) is 11.4 Å². The molecule has 2 aromatic carbocycles. The van der Waals surface area contributed by atoms with Gasteiger partial charge in [0.05, 0.1) is 5.30 Å². The minimum absolute atomic E-state index is 0.0622. The molecular weight excluding hydrogens is 279 g/mol. The maximum atomic E-state index is 11.9. The number of rotatable bonds is 3. The molecule has 2 rings (SSSR count). The molecule has 0 aliphatic rings. The Balaban J connectivity index is 2.71. The summed E-state index contributed by atoms with van der Waals surface area (Å²) in [5.41, 5.74) is 14.2. The lowest BCUT2D eigenvalue weighted by Crippen LogP contribution is -2.11. The van der Waals surface area contributed by atoms with Crippen molar-refractivity contribution in [1.29, 1.82) is 0 Å². The molecule has 1 atom stereocenters. The van der Waals surface area contributed by atoms with E-state index in [1.54, 1.807) is 30.3 Å². The summed E-state index contributed by atoms with van der Waals surface area (Å²) >= 11 is 0. The van der Waals surface area contributed by atoms with Gasteiger partial charge in [-0.1, -0.05) is 12.1 Å². The van der Waals surface area contributed by atoms with E-state index in [1.807, 2.05) is 6.92 Å². The van der Waals surface area contributed by atoms with Crippen LogP contribution in [-0.2, 0) is 9.24 Å². The van der Waals surface area contributed by atoms with Crippen LogP contribution in [0.2, 0.25) is 0 Å². The average molecular weight is 294 g/mol. The fourth-order valence-corrected chi connectivity index (χ4v) is 2.94. The van der Waals surface area contributed by atoms with Gasteiger partial charge in [0.2, 0.25) is 0 Å². The van der Waals surface area contributed by atoms with Gasteiger partial charge in [0, 0.05) is 11.4 Å². The summed E-state index contributed by atoms with van der Waals surface area (Å²) in [5, 5.41) is 8.59. The number of hydrogen-bond acceptors (Lipinski definition) is 5. The van der Waals surface area contributed by atoms with Gasteiger partial charge in [0.15, 0.2) is 0 Å². The summed E-state index contributed by atoms with van der Waals surface area (Å²) in [6, 6.07) is 9.68. The van der Waals surface area contributed by atoms with Gasteiger partial charge in [-0.2, -0.15) is 0 Å². The predicted octanol–water partition coefficient (Wildman–Crippen LogP) is 2.13. The Kier molecular flexibility index (Phi) is 3.83. The quantitative estimate of drug-likeness (QED) is 0.298. The van der Waals surface area contributed by atoms with Crippen LogP contribution in [0.3, 0.4) is 0 Å². The Bertz CT molecular complexity index is 703. The van der Waals surface area contributed by atoms with Gasteiger partial charge in [-0.25, -0.2) is 5.26 Å². The van der Waals surface area contributed by atoms with Crippen LogP contribution >= 0.6 is 7.60 Å². The molecule has 6 N–H and O–H groups in total. The maximum absolute atomic E-state index is 11.9. The summed E-state index contributed by atoms with van der Waals surface area (Å²) in [5.74, 6) is 0. The molecule has 106 valence electrons. The lowest BCUT2D eigenvalue weighted by Gasteiger charge is -2.15. The summed E-state index contributed by atoms with van der Waals surface area (Å²) in [4.78, 5) is 9.71. The van der Waals surface area contributed by atoms with E-state index in [9.17, 15) is 9.46 Å². The first kappa shape index (κ1) is 14.6. The van der Waals surface area contributed by atoms with Crippen molar-refractivity contribution in [2.45, 2.75) is 6.92 Å². The van der Waals surface area contributed by atoms with Gasteiger partial charge in [-0.3, -0.25) is 4.57 Å². The van der Waals surface area contributed by atoms with Crippen LogP contribution in [0.5, 0.6) is 0 Å². The standard InChI is InChI=1S/C13H15N2O4P/c1-8-6-9(14)2-4-11(8)12-5-3-10(15)7-13(12)20(17,18)19-16/h2-7,16H,14-15H2,1H3,(H,17,18). The van der Waals surface area contributed by atoms with Crippen molar-refractivity contribution >= 4 is 24.3 Å². The van der Waals surface area contributed by atoms with Crippen molar-refractivity contribution < 1.29 is 19.4 Å². The Labute approximate surface area is 116 Å². The molecular formula is C13H15N2O4P. The summed E-state index contributed by atoms with van der Waals surface area (Å²) in [6.07, 6.45) is 0. The smallest absolute Gasteiger partial charge is 0.386 e. The Morgan fingerprint density at radius 3 is 2.15 bits per heavy atom. The molecule has 2 aromatic rings. The molecule has 0 aliphatic carbocycles. The van der Waals surface area contributed by atoms with Crippen LogP contribution in [0, 0.1) is 6.92 Å². The number of nitrogen functional groups attached to an aromatic ring is 2. The summed E-state index contributed by atoms with van der Waals surface area (Å²) in [6.45, 7) is 1.83. The molecule has 1 unspecified atom stereocenters. The zero-order chi connectivity index (χ0) is 14.9. The Morgan fingerprint density at radius 2 is 1.60 bits per heavy atom. The second kappa shape index (κ2) is 5.26. The van der Waals surface area contributed by atoms with Crippen molar-refractivity contribution in [3.05, 3.63) is 42.0 Å². The largest absolute Gasteiger partial charge is 0.399 e. The molecule has 0 spiro atoms. The van der Waals surface area contributed by atoms with Crippen molar-refractivity contribution in [2.75, 3.05) is 11.5 Å². The van der Waals surface area contributed by atoms with Crippen molar-refractivity contribution in [2.24, 2.45) is 0 Å². The first-order chi connectivity index (χ1) is 9.35. The third-order valence-electron chi connectivity index (χ3n) is 2.98. The molecule has 6 nitrogen and oxygen atoms in total. The molecule has 0 heterocycles. The first-order valence-electron chi connectivity index (χ1n) is 5.77. The molecule has 0 bridgehead atoms. The molecule has 0 aromatic heterocycles. The monoisotopic (exact) mass is 294 g/mol. The third-order valence-corrected chi connectivity index (χ3v) is 4.18. The molecule has 20 heavy (non-hydrogen) atoms. The van der Waals surface area contributed by atoms with E-state index in [4.69, 9.17) is 16.7 Å². The Morgan fingerprint density at radius 1 is 1.05 bits per heavy atom. The van der Waals surface area contributed by atoms with Gasteiger partial charge >= 0.3 is 7.60 Å². The van der Waals surface area contributed by atoms with Crippen molar-refractivity contribution in [3.8, 4) is 11.1 Å². The highest BCUT2D eigenvalue weighted by Gasteiger charge is 2.27. The maximum Gasteiger partial charge on any atom is 0.386 e. The lowest BCUT2D eigenvalue weighted by molar-refractivity contribution is -0.143. The third kappa shape index (κ3) is 2.69. The molecule has 0 fully saturated rings. The topological polar surface area (TPSA) is 119 Å². The van der Waals surface area contributed by atoms with E-state index in [0.717, 1.165) is 5.56 Å². The van der Waals surface area contributed by atoms with Crippen LogP contribution in [0.1, 0.15) is 5.56 Å². The highest BCUT2D eigenvalue weighted by molar-refractivity contribution is 7.61. The van der Waals surface area contributed by atoms with Gasteiger partial charge in [-0.05, 0) is 47.9 Å². The van der Waals surface area contributed by atoms with E-state index in [-0.39, 0.29) is 5.30 Å². The number of anilines is 2. The second-order valence-corrected chi connectivity index (χ2v) is 6.14.